The monoisotopic (exact) mass is 268 g/mol. The number of ether oxygens (including phenoxy) is 1. The summed E-state index contributed by atoms with van der Waals surface area (Å²) in [6, 6.07) is 0.104. The van der Waals surface area contributed by atoms with E-state index in [1.807, 2.05) is 0 Å². The molecular formula is C15H28N2O2. The maximum absolute atomic E-state index is 12.3. The van der Waals surface area contributed by atoms with Crippen LogP contribution < -0.4 is 5.32 Å². The molecule has 2 aliphatic heterocycles. The van der Waals surface area contributed by atoms with Crippen LogP contribution in [-0.4, -0.2) is 57.1 Å². The van der Waals surface area contributed by atoms with Gasteiger partial charge in [0.15, 0.2) is 0 Å². The van der Waals surface area contributed by atoms with Crippen molar-refractivity contribution in [2.45, 2.75) is 38.1 Å². The normalized spacial score (nSPS) is 30.4. The fourth-order valence-electron chi connectivity index (χ4n) is 3.26. The predicted molar refractivity (Wildman–Crippen MR) is 76.2 cm³/mol. The summed E-state index contributed by atoms with van der Waals surface area (Å²) in [5.41, 5.74) is 0. The molecular weight excluding hydrogens is 240 g/mol. The van der Waals surface area contributed by atoms with Crippen LogP contribution in [0.25, 0.3) is 0 Å². The number of rotatable bonds is 5. The van der Waals surface area contributed by atoms with Crippen LogP contribution in [0.5, 0.6) is 0 Å². The molecule has 4 nitrogen and oxygen atoms in total. The minimum atomic E-state index is 0.104. The van der Waals surface area contributed by atoms with Gasteiger partial charge in [-0.3, -0.25) is 4.79 Å². The van der Waals surface area contributed by atoms with Crippen LogP contribution in [0.15, 0.2) is 0 Å². The Hall–Kier alpha value is -0.450. The molecule has 2 atom stereocenters. The summed E-state index contributed by atoms with van der Waals surface area (Å²) < 4.78 is 5.18. The lowest BCUT2D eigenvalue weighted by Crippen LogP contribution is -2.45. The molecule has 0 unspecified atom stereocenters. The number of hydrogen-bond acceptors (Lipinski definition) is 4. The van der Waals surface area contributed by atoms with Crippen LogP contribution in [0.1, 0.15) is 32.1 Å². The molecule has 0 spiro atoms. The van der Waals surface area contributed by atoms with E-state index in [1.165, 1.54) is 12.8 Å². The van der Waals surface area contributed by atoms with Crippen molar-refractivity contribution in [3.05, 3.63) is 0 Å². The number of carbonyl (C=O) groups excluding carboxylic acids is 1. The second kappa shape index (κ2) is 7.36. The zero-order chi connectivity index (χ0) is 13.7. The van der Waals surface area contributed by atoms with Crippen molar-refractivity contribution in [1.82, 2.24) is 10.2 Å². The Morgan fingerprint density at radius 2 is 1.95 bits per heavy atom. The van der Waals surface area contributed by atoms with E-state index in [9.17, 15) is 4.79 Å². The molecule has 0 radical (unpaired) electrons. The SMILES string of the molecule is COC[C@@H]1CC[C@@H](C(=O)CC2CCN(C)CC2)NC1. The van der Waals surface area contributed by atoms with Crippen molar-refractivity contribution in [2.24, 2.45) is 11.8 Å². The molecule has 4 heteroatoms. The van der Waals surface area contributed by atoms with Crippen molar-refractivity contribution >= 4 is 5.78 Å². The van der Waals surface area contributed by atoms with Gasteiger partial charge in [0.25, 0.3) is 0 Å². The number of likely N-dealkylation sites (tertiary alicyclic amines) is 1. The number of nitrogens with one attached hydrogen (secondary N) is 1. The third kappa shape index (κ3) is 4.55. The van der Waals surface area contributed by atoms with Crippen LogP contribution >= 0.6 is 0 Å². The molecule has 0 aliphatic carbocycles. The first kappa shape index (κ1) is 14.9. The lowest BCUT2D eigenvalue weighted by atomic mass is 9.86. The van der Waals surface area contributed by atoms with Crippen LogP contribution in [-0.2, 0) is 9.53 Å². The fourth-order valence-corrected chi connectivity index (χ4v) is 3.26. The maximum Gasteiger partial charge on any atom is 0.150 e. The van der Waals surface area contributed by atoms with Gasteiger partial charge in [-0.25, -0.2) is 0 Å². The Morgan fingerprint density at radius 1 is 1.21 bits per heavy atom. The summed E-state index contributed by atoms with van der Waals surface area (Å²) >= 11 is 0. The van der Waals surface area contributed by atoms with Crippen molar-refractivity contribution in [2.75, 3.05) is 40.4 Å². The van der Waals surface area contributed by atoms with Crippen molar-refractivity contribution in [1.29, 1.82) is 0 Å². The Balaban J connectivity index is 1.69. The Kier molecular flexibility index (Phi) is 5.79. The molecule has 0 saturated carbocycles. The van der Waals surface area contributed by atoms with E-state index < -0.39 is 0 Å². The second-order valence-electron chi connectivity index (χ2n) is 6.28. The average Bonchev–Trinajstić information content (AvgIpc) is 2.42. The summed E-state index contributed by atoms with van der Waals surface area (Å²) in [6.45, 7) is 4.03. The van der Waals surface area contributed by atoms with E-state index >= 15 is 0 Å². The van der Waals surface area contributed by atoms with Crippen LogP contribution in [0.2, 0.25) is 0 Å². The molecule has 0 amide bonds. The molecule has 2 saturated heterocycles. The van der Waals surface area contributed by atoms with Gasteiger partial charge in [0, 0.05) is 20.1 Å². The first-order chi connectivity index (χ1) is 9.19. The van der Waals surface area contributed by atoms with E-state index in [0.717, 1.165) is 45.5 Å². The van der Waals surface area contributed by atoms with E-state index in [1.54, 1.807) is 7.11 Å². The van der Waals surface area contributed by atoms with Gasteiger partial charge < -0.3 is 15.0 Å². The maximum atomic E-state index is 12.3. The zero-order valence-corrected chi connectivity index (χ0v) is 12.4. The quantitative estimate of drug-likeness (QED) is 0.816. The Labute approximate surface area is 116 Å². The molecule has 0 bridgehead atoms. The number of Topliss-reactive ketones (excluding diaryl/α,β-unsaturated/α-hetero) is 1. The number of ketones is 1. The molecule has 110 valence electrons. The summed E-state index contributed by atoms with van der Waals surface area (Å²) in [6.07, 6.45) is 5.24. The number of carbonyl (C=O) groups is 1. The van der Waals surface area contributed by atoms with E-state index in [0.29, 0.717) is 17.6 Å². The Morgan fingerprint density at radius 3 is 2.53 bits per heavy atom. The van der Waals surface area contributed by atoms with Crippen molar-refractivity contribution in [3.8, 4) is 0 Å². The molecule has 2 fully saturated rings. The van der Waals surface area contributed by atoms with Gasteiger partial charge in [-0.15, -0.1) is 0 Å². The van der Waals surface area contributed by atoms with Crippen molar-refractivity contribution < 1.29 is 9.53 Å². The largest absolute Gasteiger partial charge is 0.384 e. The molecule has 1 N–H and O–H groups in total. The number of methoxy groups -OCH3 is 1. The minimum Gasteiger partial charge on any atom is -0.384 e. The van der Waals surface area contributed by atoms with Crippen molar-refractivity contribution in [3.63, 3.8) is 0 Å². The van der Waals surface area contributed by atoms with Gasteiger partial charge in [0.2, 0.25) is 0 Å². The molecule has 0 aromatic rings. The summed E-state index contributed by atoms with van der Waals surface area (Å²) in [4.78, 5) is 14.7. The molecule has 19 heavy (non-hydrogen) atoms. The third-order valence-electron chi connectivity index (χ3n) is 4.64. The first-order valence-corrected chi connectivity index (χ1v) is 7.62. The number of hydrogen-bond donors (Lipinski definition) is 1. The van der Waals surface area contributed by atoms with Crippen LogP contribution in [0, 0.1) is 11.8 Å². The zero-order valence-electron chi connectivity index (χ0n) is 12.4. The summed E-state index contributed by atoms with van der Waals surface area (Å²) in [5.74, 6) is 1.63. The lowest BCUT2D eigenvalue weighted by Gasteiger charge is -2.32. The lowest BCUT2D eigenvalue weighted by molar-refractivity contribution is -0.123. The smallest absolute Gasteiger partial charge is 0.150 e. The fraction of sp³-hybridized carbons (Fsp3) is 0.933. The van der Waals surface area contributed by atoms with E-state index in [4.69, 9.17) is 4.74 Å². The second-order valence-corrected chi connectivity index (χ2v) is 6.28. The standard InChI is InChI=1S/C15H28N2O2/c1-17-7-5-12(6-8-17)9-15(18)14-4-3-13(10-16-14)11-19-2/h12-14,16H,3-11H2,1-2H3/t13-,14+/m1/s1. The van der Waals surface area contributed by atoms with Gasteiger partial charge >= 0.3 is 0 Å². The predicted octanol–water partition coefficient (Wildman–Crippen LogP) is 1.30. The number of piperidine rings is 2. The Bertz CT molecular complexity index is 280. The first-order valence-electron chi connectivity index (χ1n) is 7.62. The topological polar surface area (TPSA) is 41.6 Å². The van der Waals surface area contributed by atoms with Gasteiger partial charge in [-0.05, 0) is 57.7 Å². The molecule has 2 rings (SSSR count). The van der Waals surface area contributed by atoms with Crippen LogP contribution in [0.4, 0.5) is 0 Å². The van der Waals surface area contributed by atoms with Gasteiger partial charge in [-0.2, -0.15) is 0 Å². The highest BCUT2D eigenvalue weighted by molar-refractivity contribution is 5.84. The molecule has 2 aliphatic rings. The third-order valence-corrected chi connectivity index (χ3v) is 4.64. The molecule has 0 aromatic heterocycles. The molecule has 0 aromatic carbocycles. The van der Waals surface area contributed by atoms with Gasteiger partial charge in [0.1, 0.15) is 5.78 Å². The number of nitrogens with zero attached hydrogens (tertiary/aromatic N) is 1. The summed E-state index contributed by atoms with van der Waals surface area (Å²) in [5, 5.41) is 3.41. The minimum absolute atomic E-state index is 0.104. The van der Waals surface area contributed by atoms with E-state index in [-0.39, 0.29) is 6.04 Å². The summed E-state index contributed by atoms with van der Waals surface area (Å²) in [7, 11) is 3.91. The highest BCUT2D eigenvalue weighted by Gasteiger charge is 2.28. The van der Waals surface area contributed by atoms with Gasteiger partial charge in [0.05, 0.1) is 12.6 Å². The average molecular weight is 268 g/mol. The van der Waals surface area contributed by atoms with Crippen LogP contribution in [0.3, 0.4) is 0 Å². The van der Waals surface area contributed by atoms with Gasteiger partial charge in [-0.1, -0.05) is 0 Å². The highest BCUT2D eigenvalue weighted by atomic mass is 16.5. The highest BCUT2D eigenvalue weighted by Crippen LogP contribution is 2.23. The van der Waals surface area contributed by atoms with E-state index in [2.05, 4.69) is 17.3 Å². The molecule has 2 heterocycles.